The van der Waals surface area contributed by atoms with Gasteiger partial charge < -0.3 is 15.0 Å². The second kappa shape index (κ2) is 7.01. The fraction of sp³-hybridized carbons (Fsp3) is 0.538. The summed E-state index contributed by atoms with van der Waals surface area (Å²) in [5, 5.41) is 7.63. The Kier molecular flexibility index (Phi) is 5.33. The summed E-state index contributed by atoms with van der Waals surface area (Å²) in [5.74, 6) is 0.709. The molecule has 0 fully saturated rings. The highest BCUT2D eigenvalue weighted by molar-refractivity contribution is 7.15. The van der Waals surface area contributed by atoms with E-state index in [0.29, 0.717) is 5.88 Å². The first-order valence-corrected chi connectivity index (χ1v) is 8.19. The van der Waals surface area contributed by atoms with E-state index < -0.39 is 0 Å². The number of ether oxygens (including phenoxy) is 1. The Balaban J connectivity index is 2.06. The van der Waals surface area contributed by atoms with Gasteiger partial charge in [0.15, 0.2) is 5.13 Å². The summed E-state index contributed by atoms with van der Waals surface area (Å²) in [6.07, 6.45) is 2.86. The lowest BCUT2D eigenvalue weighted by molar-refractivity contribution is 0.392. The van der Waals surface area contributed by atoms with Crippen LogP contribution in [-0.2, 0) is 6.54 Å². The van der Waals surface area contributed by atoms with Crippen LogP contribution in [0.2, 0.25) is 0 Å². The molecule has 0 radical (unpaired) electrons. The molecule has 7 heteroatoms. The summed E-state index contributed by atoms with van der Waals surface area (Å²) < 4.78 is 5.35. The van der Waals surface area contributed by atoms with Crippen molar-refractivity contribution >= 4 is 27.8 Å². The molecule has 0 aliphatic carbocycles. The Labute approximate surface area is 127 Å². The fourth-order valence-electron chi connectivity index (χ4n) is 1.82. The predicted octanol–water partition coefficient (Wildman–Crippen LogP) is 2.92. The van der Waals surface area contributed by atoms with E-state index in [-0.39, 0.29) is 6.04 Å². The number of hydrogen-bond donors (Lipinski definition) is 1. The Morgan fingerprint density at radius 3 is 2.80 bits per heavy atom. The lowest BCUT2D eigenvalue weighted by Gasteiger charge is -2.13. The van der Waals surface area contributed by atoms with E-state index >= 15 is 0 Å². The summed E-state index contributed by atoms with van der Waals surface area (Å²) in [5.41, 5.74) is 0. The van der Waals surface area contributed by atoms with Crippen LogP contribution in [-0.4, -0.2) is 31.2 Å². The number of thiazole rings is 2. The van der Waals surface area contributed by atoms with Gasteiger partial charge in [-0.3, -0.25) is 0 Å². The van der Waals surface area contributed by atoms with Gasteiger partial charge in [-0.2, -0.15) is 4.98 Å². The van der Waals surface area contributed by atoms with Crippen LogP contribution in [0, 0.1) is 0 Å². The first kappa shape index (κ1) is 15.2. The molecular formula is C13H20N4OS2. The molecule has 5 nitrogen and oxygen atoms in total. The summed E-state index contributed by atoms with van der Waals surface area (Å²) >= 11 is 3.34. The van der Waals surface area contributed by atoms with Gasteiger partial charge in [-0.1, -0.05) is 18.3 Å². The van der Waals surface area contributed by atoms with Crippen molar-refractivity contribution in [1.29, 1.82) is 0 Å². The molecule has 1 atom stereocenters. The van der Waals surface area contributed by atoms with E-state index in [1.807, 2.05) is 30.6 Å². The van der Waals surface area contributed by atoms with Gasteiger partial charge in [0.25, 0.3) is 0 Å². The Hall–Kier alpha value is -1.18. The molecule has 0 aliphatic rings. The number of nitrogens with zero attached hydrogens (tertiary/aromatic N) is 3. The normalized spacial score (nSPS) is 12.4. The number of anilines is 1. The molecule has 2 aromatic heterocycles. The number of hydrogen-bond acceptors (Lipinski definition) is 7. The van der Waals surface area contributed by atoms with Crippen LogP contribution in [0.4, 0.5) is 5.13 Å². The number of rotatable bonds is 7. The van der Waals surface area contributed by atoms with E-state index in [2.05, 4.69) is 22.2 Å². The smallest absolute Gasteiger partial charge is 0.230 e. The highest BCUT2D eigenvalue weighted by atomic mass is 32.1. The van der Waals surface area contributed by atoms with E-state index in [9.17, 15) is 0 Å². The minimum Gasteiger partial charge on any atom is -0.480 e. The van der Waals surface area contributed by atoms with Crippen LogP contribution in [0.25, 0.3) is 0 Å². The summed E-state index contributed by atoms with van der Waals surface area (Å²) in [6, 6.07) is 0.282. The van der Waals surface area contributed by atoms with Gasteiger partial charge in [0, 0.05) is 32.2 Å². The molecule has 0 aromatic carbocycles. The zero-order valence-corrected chi connectivity index (χ0v) is 13.8. The Bertz CT molecular complexity index is 524. The molecule has 0 amide bonds. The SMILES string of the molecule is CCC(NCc1sc(N(C)C)nc1OC)c1nccs1. The highest BCUT2D eigenvalue weighted by Gasteiger charge is 2.16. The van der Waals surface area contributed by atoms with Crippen molar-refractivity contribution in [2.24, 2.45) is 0 Å². The van der Waals surface area contributed by atoms with Crippen molar-refractivity contribution in [3.8, 4) is 5.88 Å². The first-order valence-electron chi connectivity index (χ1n) is 6.49. The molecule has 20 heavy (non-hydrogen) atoms. The molecule has 1 unspecified atom stereocenters. The molecule has 110 valence electrons. The van der Waals surface area contributed by atoms with Crippen LogP contribution in [0.5, 0.6) is 5.88 Å². The third kappa shape index (κ3) is 3.47. The van der Waals surface area contributed by atoms with Crippen molar-refractivity contribution in [2.45, 2.75) is 25.9 Å². The van der Waals surface area contributed by atoms with Gasteiger partial charge >= 0.3 is 0 Å². The van der Waals surface area contributed by atoms with Crippen LogP contribution in [0.3, 0.4) is 0 Å². The second-order valence-corrected chi connectivity index (χ2v) is 6.52. The average molecular weight is 312 g/mol. The van der Waals surface area contributed by atoms with Crippen LogP contribution in [0.1, 0.15) is 29.3 Å². The fourth-order valence-corrected chi connectivity index (χ4v) is 3.52. The third-order valence-electron chi connectivity index (χ3n) is 2.89. The van der Waals surface area contributed by atoms with Crippen molar-refractivity contribution in [2.75, 3.05) is 26.1 Å². The summed E-state index contributed by atoms with van der Waals surface area (Å²) in [6.45, 7) is 2.90. The van der Waals surface area contributed by atoms with Crippen molar-refractivity contribution in [3.63, 3.8) is 0 Å². The van der Waals surface area contributed by atoms with Gasteiger partial charge in [-0.25, -0.2) is 4.98 Å². The molecule has 0 spiro atoms. The van der Waals surface area contributed by atoms with Crippen LogP contribution < -0.4 is 15.0 Å². The third-order valence-corrected chi connectivity index (χ3v) is 4.99. The molecule has 0 saturated carbocycles. The van der Waals surface area contributed by atoms with Gasteiger partial charge in [0.05, 0.1) is 18.0 Å². The molecule has 0 aliphatic heterocycles. The van der Waals surface area contributed by atoms with E-state index in [1.54, 1.807) is 29.8 Å². The molecule has 1 N–H and O–H groups in total. The summed E-state index contributed by atoms with van der Waals surface area (Å²) in [4.78, 5) is 12.0. The largest absolute Gasteiger partial charge is 0.480 e. The number of aromatic nitrogens is 2. The molecule has 0 bridgehead atoms. The monoisotopic (exact) mass is 312 g/mol. The molecule has 2 aromatic rings. The highest BCUT2D eigenvalue weighted by Crippen LogP contribution is 2.31. The lowest BCUT2D eigenvalue weighted by Crippen LogP contribution is -2.19. The minimum atomic E-state index is 0.282. The van der Waals surface area contributed by atoms with Gasteiger partial charge in [0.1, 0.15) is 5.01 Å². The van der Waals surface area contributed by atoms with Crippen LogP contribution in [0.15, 0.2) is 11.6 Å². The number of nitrogens with one attached hydrogen (secondary N) is 1. The molecule has 2 heterocycles. The maximum absolute atomic E-state index is 5.35. The lowest BCUT2D eigenvalue weighted by atomic mass is 10.2. The van der Waals surface area contributed by atoms with E-state index in [1.165, 1.54) is 0 Å². The number of methoxy groups -OCH3 is 1. The van der Waals surface area contributed by atoms with Crippen molar-refractivity contribution in [1.82, 2.24) is 15.3 Å². The Morgan fingerprint density at radius 2 is 2.25 bits per heavy atom. The zero-order valence-electron chi connectivity index (χ0n) is 12.2. The Morgan fingerprint density at radius 1 is 1.45 bits per heavy atom. The van der Waals surface area contributed by atoms with E-state index in [4.69, 9.17) is 4.74 Å². The van der Waals surface area contributed by atoms with Gasteiger partial charge in [-0.15, -0.1) is 11.3 Å². The average Bonchev–Trinajstić information content (AvgIpc) is 3.08. The molecule has 0 saturated heterocycles. The van der Waals surface area contributed by atoms with Crippen molar-refractivity contribution in [3.05, 3.63) is 21.5 Å². The maximum atomic E-state index is 5.35. The topological polar surface area (TPSA) is 50.3 Å². The maximum Gasteiger partial charge on any atom is 0.230 e. The molecular weight excluding hydrogens is 292 g/mol. The van der Waals surface area contributed by atoms with Gasteiger partial charge in [0.2, 0.25) is 5.88 Å². The summed E-state index contributed by atoms with van der Waals surface area (Å²) in [7, 11) is 5.63. The quantitative estimate of drug-likeness (QED) is 0.852. The van der Waals surface area contributed by atoms with E-state index in [0.717, 1.165) is 28.0 Å². The second-order valence-electron chi connectivity index (χ2n) is 4.54. The molecule has 2 rings (SSSR count). The van der Waals surface area contributed by atoms with Gasteiger partial charge in [-0.05, 0) is 6.42 Å². The van der Waals surface area contributed by atoms with Crippen molar-refractivity contribution < 1.29 is 4.74 Å². The minimum absolute atomic E-state index is 0.282. The standard InChI is InChI=1S/C13H20N4OS2/c1-5-9(12-14-6-7-19-12)15-8-10-11(18-4)16-13(20-10)17(2)3/h6-7,9,15H,5,8H2,1-4H3. The predicted molar refractivity (Wildman–Crippen MR) is 85.0 cm³/mol. The van der Waals surface area contributed by atoms with Crippen LogP contribution >= 0.6 is 22.7 Å². The first-order chi connectivity index (χ1) is 9.65. The zero-order chi connectivity index (χ0) is 14.5.